The Balaban J connectivity index is 2.58. The Morgan fingerprint density at radius 3 is 2.76 bits per heavy atom. The summed E-state index contributed by atoms with van der Waals surface area (Å²) >= 11 is 8.17. The van der Waals surface area contributed by atoms with Gasteiger partial charge < -0.3 is 5.32 Å². The number of nitrogens with zero attached hydrogens (tertiary/aromatic N) is 1. The van der Waals surface area contributed by atoms with Crippen LogP contribution in [0.2, 0.25) is 5.02 Å². The summed E-state index contributed by atoms with van der Waals surface area (Å²) in [6.07, 6.45) is 1.51. The summed E-state index contributed by atoms with van der Waals surface area (Å²) in [6.45, 7) is 5.19. The van der Waals surface area contributed by atoms with Gasteiger partial charge in [0, 0.05) is 27.2 Å². The van der Waals surface area contributed by atoms with Crippen molar-refractivity contribution in [2.24, 2.45) is 5.41 Å². The van der Waals surface area contributed by atoms with Gasteiger partial charge in [-0.2, -0.15) is 5.26 Å². The summed E-state index contributed by atoms with van der Waals surface area (Å²) in [4.78, 5) is 0. The molecular formula is C13H16ClIN2. The SMILES string of the molecule is CC(C)(CCC#N)CNc1ccc(Cl)cc1I. The van der Waals surface area contributed by atoms with Gasteiger partial charge in [-0.1, -0.05) is 25.4 Å². The van der Waals surface area contributed by atoms with Crippen LogP contribution in [0.4, 0.5) is 5.69 Å². The molecular weight excluding hydrogens is 347 g/mol. The standard InChI is InChI=1S/C13H16ClIN2/c1-13(2,6-3-7-16)9-17-12-5-4-10(14)8-11(12)15/h4-5,8,17H,3,6,9H2,1-2H3. The normalized spacial score (nSPS) is 11.0. The minimum Gasteiger partial charge on any atom is -0.384 e. The van der Waals surface area contributed by atoms with Gasteiger partial charge in [0.2, 0.25) is 0 Å². The van der Waals surface area contributed by atoms with E-state index in [9.17, 15) is 0 Å². The van der Waals surface area contributed by atoms with Crippen molar-refractivity contribution in [2.45, 2.75) is 26.7 Å². The van der Waals surface area contributed by atoms with Crippen LogP contribution >= 0.6 is 34.2 Å². The van der Waals surface area contributed by atoms with E-state index in [2.05, 4.69) is 47.8 Å². The Hall–Kier alpha value is -0.470. The molecule has 0 unspecified atom stereocenters. The highest BCUT2D eigenvalue weighted by Crippen LogP contribution is 2.26. The summed E-state index contributed by atoms with van der Waals surface area (Å²) in [7, 11) is 0. The molecule has 1 rings (SSSR count). The second-order valence-corrected chi connectivity index (χ2v) is 6.40. The fraction of sp³-hybridized carbons (Fsp3) is 0.462. The van der Waals surface area contributed by atoms with Crippen LogP contribution in [-0.2, 0) is 0 Å². The molecule has 0 saturated heterocycles. The molecule has 0 atom stereocenters. The smallest absolute Gasteiger partial charge is 0.0621 e. The van der Waals surface area contributed by atoms with E-state index in [1.54, 1.807) is 0 Å². The molecule has 0 aliphatic carbocycles. The van der Waals surface area contributed by atoms with Crippen LogP contribution < -0.4 is 5.32 Å². The van der Waals surface area contributed by atoms with E-state index >= 15 is 0 Å². The molecule has 0 aromatic heterocycles. The molecule has 92 valence electrons. The lowest BCUT2D eigenvalue weighted by Crippen LogP contribution is -2.23. The average Bonchev–Trinajstić information content (AvgIpc) is 2.25. The third kappa shape index (κ3) is 5.13. The van der Waals surface area contributed by atoms with Crippen LogP contribution in [0.25, 0.3) is 0 Å². The van der Waals surface area contributed by atoms with E-state index in [4.69, 9.17) is 16.9 Å². The average molecular weight is 363 g/mol. The zero-order valence-corrected chi connectivity index (χ0v) is 13.0. The predicted octanol–water partition coefficient (Wildman–Crippen LogP) is 4.69. The lowest BCUT2D eigenvalue weighted by Gasteiger charge is -2.24. The summed E-state index contributed by atoms with van der Waals surface area (Å²) < 4.78 is 1.12. The summed E-state index contributed by atoms with van der Waals surface area (Å²) in [5.41, 5.74) is 1.22. The molecule has 0 heterocycles. The number of rotatable bonds is 5. The van der Waals surface area contributed by atoms with Crippen molar-refractivity contribution in [3.63, 3.8) is 0 Å². The first kappa shape index (κ1) is 14.6. The second-order valence-electron chi connectivity index (χ2n) is 4.80. The highest BCUT2D eigenvalue weighted by Gasteiger charge is 2.17. The molecule has 0 amide bonds. The van der Waals surface area contributed by atoms with E-state index in [1.165, 1.54) is 0 Å². The second kappa shape index (κ2) is 6.46. The lowest BCUT2D eigenvalue weighted by molar-refractivity contribution is 0.364. The Bertz CT molecular complexity index is 424. The number of hydrogen-bond donors (Lipinski definition) is 1. The fourth-order valence-electron chi connectivity index (χ4n) is 1.45. The predicted molar refractivity (Wildman–Crippen MR) is 81.3 cm³/mol. The zero-order valence-electron chi connectivity index (χ0n) is 10.1. The van der Waals surface area contributed by atoms with E-state index in [-0.39, 0.29) is 5.41 Å². The van der Waals surface area contributed by atoms with Crippen LogP contribution in [0, 0.1) is 20.3 Å². The Morgan fingerprint density at radius 2 is 2.18 bits per heavy atom. The molecule has 1 aromatic rings. The van der Waals surface area contributed by atoms with E-state index in [0.717, 1.165) is 27.2 Å². The number of benzene rings is 1. The first-order chi connectivity index (χ1) is 7.94. The van der Waals surface area contributed by atoms with E-state index in [0.29, 0.717) is 6.42 Å². The van der Waals surface area contributed by atoms with Gasteiger partial charge in [-0.15, -0.1) is 0 Å². The number of anilines is 1. The fourth-order valence-corrected chi connectivity index (χ4v) is 2.51. The first-order valence-corrected chi connectivity index (χ1v) is 6.96. The van der Waals surface area contributed by atoms with Crippen molar-refractivity contribution in [1.29, 1.82) is 5.26 Å². The van der Waals surface area contributed by atoms with Crippen molar-refractivity contribution in [3.05, 3.63) is 26.8 Å². The van der Waals surface area contributed by atoms with Gasteiger partial charge in [-0.3, -0.25) is 0 Å². The molecule has 1 aromatic carbocycles. The Kier molecular flexibility index (Phi) is 5.54. The number of halogens is 2. The van der Waals surface area contributed by atoms with Gasteiger partial charge in [0.1, 0.15) is 0 Å². The molecule has 1 N–H and O–H groups in total. The number of nitrogens with one attached hydrogen (secondary N) is 1. The molecule has 0 bridgehead atoms. The van der Waals surface area contributed by atoms with Crippen LogP contribution in [-0.4, -0.2) is 6.54 Å². The van der Waals surface area contributed by atoms with Crippen molar-refractivity contribution >= 4 is 39.9 Å². The highest BCUT2D eigenvalue weighted by atomic mass is 127. The topological polar surface area (TPSA) is 35.8 Å². The van der Waals surface area contributed by atoms with Crippen LogP contribution in [0.5, 0.6) is 0 Å². The highest BCUT2D eigenvalue weighted by molar-refractivity contribution is 14.1. The maximum absolute atomic E-state index is 8.60. The van der Waals surface area contributed by atoms with Gasteiger partial charge in [-0.25, -0.2) is 0 Å². The summed E-state index contributed by atoms with van der Waals surface area (Å²) in [5.74, 6) is 0. The molecule has 4 heteroatoms. The Morgan fingerprint density at radius 1 is 1.47 bits per heavy atom. The molecule has 0 fully saturated rings. The van der Waals surface area contributed by atoms with E-state index < -0.39 is 0 Å². The van der Waals surface area contributed by atoms with Crippen molar-refractivity contribution in [3.8, 4) is 6.07 Å². The summed E-state index contributed by atoms with van der Waals surface area (Å²) in [6, 6.07) is 8.01. The van der Waals surface area contributed by atoms with E-state index in [1.807, 2.05) is 18.2 Å². The molecule has 17 heavy (non-hydrogen) atoms. The quantitative estimate of drug-likeness (QED) is 0.772. The molecule has 0 spiro atoms. The zero-order chi connectivity index (χ0) is 12.9. The monoisotopic (exact) mass is 362 g/mol. The number of hydrogen-bond acceptors (Lipinski definition) is 2. The molecule has 0 aliphatic rings. The van der Waals surface area contributed by atoms with Crippen LogP contribution in [0.1, 0.15) is 26.7 Å². The van der Waals surface area contributed by atoms with Crippen molar-refractivity contribution in [2.75, 3.05) is 11.9 Å². The maximum Gasteiger partial charge on any atom is 0.0621 e. The third-order valence-corrected chi connectivity index (χ3v) is 3.73. The summed E-state index contributed by atoms with van der Waals surface area (Å²) in [5, 5.41) is 12.8. The Labute approximate surface area is 121 Å². The minimum absolute atomic E-state index is 0.123. The molecule has 0 saturated carbocycles. The van der Waals surface area contributed by atoms with Crippen molar-refractivity contribution < 1.29 is 0 Å². The number of nitriles is 1. The molecule has 0 aliphatic heterocycles. The lowest BCUT2D eigenvalue weighted by atomic mass is 9.88. The maximum atomic E-state index is 8.60. The van der Waals surface area contributed by atoms with Crippen LogP contribution in [0.15, 0.2) is 18.2 Å². The minimum atomic E-state index is 0.123. The van der Waals surface area contributed by atoms with Gasteiger partial charge in [0.25, 0.3) is 0 Å². The van der Waals surface area contributed by atoms with Crippen LogP contribution in [0.3, 0.4) is 0 Å². The van der Waals surface area contributed by atoms with Gasteiger partial charge >= 0.3 is 0 Å². The third-order valence-electron chi connectivity index (χ3n) is 2.60. The molecule has 0 radical (unpaired) electrons. The largest absolute Gasteiger partial charge is 0.384 e. The first-order valence-electron chi connectivity index (χ1n) is 5.50. The van der Waals surface area contributed by atoms with Gasteiger partial charge in [0.05, 0.1) is 6.07 Å². The van der Waals surface area contributed by atoms with Crippen molar-refractivity contribution in [1.82, 2.24) is 0 Å². The van der Waals surface area contributed by atoms with Gasteiger partial charge in [0.15, 0.2) is 0 Å². The van der Waals surface area contributed by atoms with Gasteiger partial charge in [-0.05, 0) is 52.6 Å². The molecule has 2 nitrogen and oxygen atoms in total.